The molecule has 6 heteroatoms. The van der Waals surface area contributed by atoms with Crippen molar-refractivity contribution in [3.05, 3.63) is 117 Å². The molecule has 1 aromatic carbocycles. The molecular formula is C24H22FeN2O3+2. The fraction of sp³-hybridized carbons (Fsp3) is 0.125. The number of hydrogen-bond donors (Lipinski definition) is 0. The van der Waals surface area contributed by atoms with Crippen LogP contribution in [0.5, 0.6) is 0 Å². The first-order valence-corrected chi connectivity index (χ1v) is 9.41. The maximum absolute atomic E-state index is 12.4. The Bertz CT molecular complexity index is 786. The Morgan fingerprint density at radius 1 is 0.933 bits per heavy atom. The van der Waals surface area contributed by atoms with E-state index in [2.05, 4.69) is 5.10 Å². The fourth-order valence-electron chi connectivity index (χ4n) is 2.76. The zero-order valence-corrected chi connectivity index (χ0v) is 17.7. The summed E-state index contributed by atoms with van der Waals surface area (Å²) < 4.78 is 6.49. The van der Waals surface area contributed by atoms with Crippen molar-refractivity contribution in [1.29, 1.82) is 0 Å². The standard InChI is InChI=1S/C19H17N2O3.C5H5.Fe/c1-2-24-19(23)17-12-16(14-8-6-7-9-14)20-21(17)13-18(22)15-10-4-3-5-11-15;1-2-4-5-3-1;/h3-12H,2,13H2,1H3;1-5H;/q;;+2. The van der Waals surface area contributed by atoms with Gasteiger partial charge in [-0.1, -0.05) is 30.3 Å². The topological polar surface area (TPSA) is 61.2 Å². The molecule has 4 rings (SSSR count). The van der Waals surface area contributed by atoms with Gasteiger partial charge in [-0.25, -0.2) is 9.48 Å². The minimum Gasteiger partial charge on any atom is -0.461 e. The Morgan fingerprint density at radius 2 is 1.53 bits per heavy atom. The summed E-state index contributed by atoms with van der Waals surface area (Å²) in [6, 6.07) is 10.6. The normalized spacial score (nSPS) is 15.8. The van der Waals surface area contributed by atoms with Gasteiger partial charge in [-0.15, -0.1) is 0 Å². The van der Waals surface area contributed by atoms with Gasteiger partial charge in [-0.2, -0.15) is 5.10 Å². The van der Waals surface area contributed by atoms with Gasteiger partial charge in [-0.3, -0.25) is 4.79 Å². The zero-order chi connectivity index (χ0) is 20.5. The van der Waals surface area contributed by atoms with Crippen LogP contribution in [0.15, 0.2) is 36.4 Å². The monoisotopic (exact) mass is 442 g/mol. The van der Waals surface area contributed by atoms with E-state index < -0.39 is 5.97 Å². The molecule has 0 aliphatic heterocycles. The van der Waals surface area contributed by atoms with Crippen molar-refractivity contribution >= 4 is 11.8 Å². The molecule has 2 aliphatic carbocycles. The van der Waals surface area contributed by atoms with Gasteiger partial charge in [-0.05, 0) is 70.8 Å². The third-order valence-electron chi connectivity index (χ3n) is 4.17. The number of ether oxygens (including phenoxy) is 1. The van der Waals surface area contributed by atoms with Gasteiger partial charge in [0.05, 0.1) is 12.3 Å². The van der Waals surface area contributed by atoms with Crippen molar-refractivity contribution < 1.29 is 31.4 Å². The quantitative estimate of drug-likeness (QED) is 0.389. The molecular weight excluding hydrogens is 420 g/mol. The van der Waals surface area contributed by atoms with Gasteiger partial charge in [0.25, 0.3) is 0 Å². The maximum atomic E-state index is 12.4. The second-order valence-electron chi connectivity index (χ2n) is 6.22. The van der Waals surface area contributed by atoms with E-state index in [1.54, 1.807) is 37.3 Å². The van der Waals surface area contributed by atoms with E-state index in [0.717, 1.165) is 5.92 Å². The molecule has 0 atom stereocenters. The van der Waals surface area contributed by atoms with Crippen LogP contribution < -0.4 is 0 Å². The second kappa shape index (κ2) is 12.7. The van der Waals surface area contributed by atoms with Crippen molar-refractivity contribution in [2.24, 2.45) is 0 Å². The minimum absolute atomic E-state index is 0. The molecule has 10 radical (unpaired) electrons. The molecule has 2 aromatic rings. The van der Waals surface area contributed by atoms with E-state index >= 15 is 0 Å². The number of rotatable bonds is 6. The number of nitrogens with zero attached hydrogens (tertiary/aromatic N) is 2. The van der Waals surface area contributed by atoms with Crippen LogP contribution >= 0.6 is 0 Å². The van der Waals surface area contributed by atoms with Crippen LogP contribution in [0, 0.1) is 63.7 Å². The number of aromatic nitrogens is 2. The number of hydrogen-bond acceptors (Lipinski definition) is 4. The van der Waals surface area contributed by atoms with E-state index in [1.165, 1.54) is 4.68 Å². The van der Waals surface area contributed by atoms with Crippen LogP contribution in [-0.4, -0.2) is 28.1 Å². The Kier molecular flexibility index (Phi) is 10.3. The van der Waals surface area contributed by atoms with Gasteiger partial charge in [0.1, 0.15) is 12.2 Å². The minimum atomic E-state index is -0.483. The van der Waals surface area contributed by atoms with Gasteiger partial charge in [0, 0.05) is 11.5 Å². The molecule has 2 saturated carbocycles. The summed E-state index contributed by atoms with van der Waals surface area (Å²) in [7, 11) is 0. The largest absolute Gasteiger partial charge is 2.00 e. The van der Waals surface area contributed by atoms with Gasteiger partial charge in [0.15, 0.2) is 5.78 Å². The first-order valence-electron chi connectivity index (χ1n) is 9.41. The second-order valence-corrected chi connectivity index (χ2v) is 6.22. The fourth-order valence-corrected chi connectivity index (χ4v) is 2.76. The van der Waals surface area contributed by atoms with Crippen molar-refractivity contribution in [1.82, 2.24) is 9.78 Å². The average Bonchev–Trinajstić information content (AvgIpc) is 3.51. The Labute approximate surface area is 190 Å². The number of Topliss-reactive ketones (excluding diaryl/α,β-unsaturated/α-hetero) is 1. The molecule has 1 heterocycles. The van der Waals surface area contributed by atoms with Crippen LogP contribution in [0.1, 0.15) is 33.5 Å². The van der Waals surface area contributed by atoms with Gasteiger partial charge in [0.2, 0.25) is 0 Å². The van der Waals surface area contributed by atoms with E-state index in [4.69, 9.17) is 4.74 Å². The summed E-state index contributed by atoms with van der Waals surface area (Å²) in [5.41, 5.74) is 1.50. The Hall–Kier alpha value is -1.91. The SMILES string of the molecule is CCOC(=O)c1cc([C]2[CH][CH][CH][CH]2)nn1CC(=O)c1ccccc1.[CH]1[CH][CH][CH][CH]1.[Fe+2]. The van der Waals surface area contributed by atoms with E-state index in [0.29, 0.717) is 11.3 Å². The third-order valence-corrected chi connectivity index (χ3v) is 4.17. The molecule has 0 amide bonds. The van der Waals surface area contributed by atoms with Crippen LogP contribution in [0.3, 0.4) is 0 Å². The predicted molar refractivity (Wildman–Crippen MR) is 110 cm³/mol. The van der Waals surface area contributed by atoms with E-state index in [9.17, 15) is 9.59 Å². The summed E-state index contributed by atoms with van der Waals surface area (Å²) in [6.45, 7) is 1.99. The first-order chi connectivity index (χ1) is 14.2. The number of ketones is 1. The molecule has 0 spiro atoms. The number of benzene rings is 1. The Morgan fingerprint density at radius 3 is 2.10 bits per heavy atom. The van der Waals surface area contributed by atoms with Crippen molar-refractivity contribution in [3.63, 3.8) is 0 Å². The molecule has 1 aromatic heterocycles. The van der Waals surface area contributed by atoms with Crippen molar-refractivity contribution in [3.8, 4) is 0 Å². The average molecular weight is 442 g/mol. The summed E-state index contributed by atoms with van der Waals surface area (Å²) >= 11 is 0. The van der Waals surface area contributed by atoms with E-state index in [-0.39, 0.29) is 41.7 Å². The van der Waals surface area contributed by atoms with Crippen LogP contribution in [0.2, 0.25) is 0 Å². The predicted octanol–water partition coefficient (Wildman–Crippen LogP) is 3.72. The third kappa shape index (κ3) is 6.82. The maximum Gasteiger partial charge on any atom is 2.00 e. The summed E-state index contributed by atoms with van der Waals surface area (Å²) in [6.07, 6.45) is 17.6. The number of carbonyl (C=O) groups is 2. The molecule has 0 saturated heterocycles. The smallest absolute Gasteiger partial charge is 0.461 e. The molecule has 0 bridgehead atoms. The number of esters is 1. The molecule has 30 heavy (non-hydrogen) atoms. The zero-order valence-electron chi connectivity index (χ0n) is 16.5. The van der Waals surface area contributed by atoms with Crippen molar-refractivity contribution in [2.45, 2.75) is 13.5 Å². The van der Waals surface area contributed by atoms with Crippen LogP contribution in [0.25, 0.3) is 0 Å². The van der Waals surface area contributed by atoms with Gasteiger partial charge >= 0.3 is 23.0 Å². The van der Waals surface area contributed by atoms with Gasteiger partial charge < -0.3 is 4.74 Å². The summed E-state index contributed by atoms with van der Waals surface area (Å²) in [5.74, 6) is 0.299. The summed E-state index contributed by atoms with van der Waals surface area (Å²) in [4.78, 5) is 24.6. The molecule has 5 nitrogen and oxygen atoms in total. The summed E-state index contributed by atoms with van der Waals surface area (Å²) in [5, 5.41) is 4.42. The Balaban J connectivity index is 0.000000468. The molecule has 0 unspecified atom stereocenters. The van der Waals surface area contributed by atoms with Crippen LogP contribution in [0.4, 0.5) is 0 Å². The molecule has 2 aliphatic rings. The van der Waals surface area contributed by atoms with Crippen molar-refractivity contribution in [2.75, 3.05) is 6.61 Å². The number of carbonyl (C=O) groups excluding carboxylic acids is 2. The van der Waals surface area contributed by atoms with E-state index in [1.807, 2.05) is 63.9 Å². The molecule has 2 fully saturated rings. The first kappa shape index (κ1) is 24.4. The molecule has 152 valence electrons. The van der Waals surface area contributed by atoms with Crippen LogP contribution in [-0.2, 0) is 28.4 Å². The molecule has 0 N–H and O–H groups in total.